The summed E-state index contributed by atoms with van der Waals surface area (Å²) in [6.07, 6.45) is 1.88. The molecule has 0 spiro atoms. The second kappa shape index (κ2) is 8.77. The van der Waals surface area contributed by atoms with Gasteiger partial charge in [0.15, 0.2) is 0 Å². The summed E-state index contributed by atoms with van der Waals surface area (Å²) in [5.41, 5.74) is 0.658. The molecule has 2 aromatic rings. The van der Waals surface area contributed by atoms with Crippen LogP contribution in [0.3, 0.4) is 0 Å². The van der Waals surface area contributed by atoms with Crippen LogP contribution in [0.2, 0.25) is 0 Å². The lowest BCUT2D eigenvalue weighted by Gasteiger charge is -2.34. The Morgan fingerprint density at radius 2 is 2.15 bits per heavy atom. The van der Waals surface area contributed by atoms with Gasteiger partial charge in [0.25, 0.3) is 0 Å². The van der Waals surface area contributed by atoms with Gasteiger partial charge in [0.2, 0.25) is 5.91 Å². The number of furan rings is 1. The molecule has 1 saturated heterocycles. The first-order chi connectivity index (χ1) is 12.7. The third-order valence-electron chi connectivity index (χ3n) is 4.06. The predicted molar refractivity (Wildman–Crippen MR) is 98.9 cm³/mol. The van der Waals surface area contributed by atoms with Crippen molar-refractivity contribution in [3.05, 3.63) is 48.4 Å². The molecule has 1 fully saturated rings. The Balaban J connectivity index is 1.57. The summed E-state index contributed by atoms with van der Waals surface area (Å²) in [6.45, 7) is 0.680. The number of aliphatic hydroxyl groups is 1. The average Bonchev–Trinajstić information content (AvgIpc) is 3.16. The number of amides is 3. The molecule has 3 N–H and O–H groups in total. The first kappa shape index (κ1) is 18.3. The minimum absolute atomic E-state index is 0.149. The van der Waals surface area contributed by atoms with Gasteiger partial charge < -0.3 is 25.1 Å². The number of rotatable bonds is 6. The van der Waals surface area contributed by atoms with E-state index >= 15 is 0 Å². The largest absolute Gasteiger partial charge is 0.468 e. The minimum Gasteiger partial charge on any atom is -0.468 e. The van der Waals surface area contributed by atoms with E-state index in [-0.39, 0.29) is 25.0 Å². The Labute approximate surface area is 155 Å². The maximum Gasteiger partial charge on any atom is 0.322 e. The maximum atomic E-state index is 12.5. The fraction of sp³-hybridized carbons (Fsp3) is 0.333. The number of piperazine rings is 1. The highest BCUT2D eigenvalue weighted by Crippen LogP contribution is 2.24. The van der Waals surface area contributed by atoms with E-state index in [1.807, 2.05) is 36.4 Å². The molecule has 3 amide bonds. The Morgan fingerprint density at radius 1 is 1.35 bits per heavy atom. The van der Waals surface area contributed by atoms with Gasteiger partial charge in [-0.1, -0.05) is 0 Å². The lowest BCUT2D eigenvalue weighted by molar-refractivity contribution is -0.128. The lowest BCUT2D eigenvalue weighted by Crippen LogP contribution is -2.58. The van der Waals surface area contributed by atoms with Crippen LogP contribution < -0.4 is 10.6 Å². The van der Waals surface area contributed by atoms with E-state index in [1.165, 1.54) is 4.90 Å². The summed E-state index contributed by atoms with van der Waals surface area (Å²) in [7, 11) is 0. The van der Waals surface area contributed by atoms with Crippen molar-refractivity contribution in [3.8, 4) is 0 Å². The van der Waals surface area contributed by atoms with Crippen molar-refractivity contribution in [2.45, 2.75) is 23.1 Å². The Hall–Kier alpha value is -2.45. The van der Waals surface area contributed by atoms with Gasteiger partial charge in [-0.2, -0.15) is 0 Å². The van der Waals surface area contributed by atoms with E-state index in [0.717, 1.165) is 16.4 Å². The highest BCUT2D eigenvalue weighted by molar-refractivity contribution is 7.98. The molecule has 1 aliphatic heterocycles. The summed E-state index contributed by atoms with van der Waals surface area (Å²) in [6, 6.07) is 10.3. The van der Waals surface area contributed by atoms with E-state index < -0.39 is 6.04 Å². The predicted octanol–water partition coefficient (Wildman–Crippen LogP) is 2.29. The van der Waals surface area contributed by atoms with Gasteiger partial charge in [-0.25, -0.2) is 4.79 Å². The van der Waals surface area contributed by atoms with Crippen molar-refractivity contribution < 1.29 is 19.1 Å². The Kier molecular flexibility index (Phi) is 6.19. The molecule has 1 aromatic carbocycles. The van der Waals surface area contributed by atoms with Gasteiger partial charge in [-0.05, 0) is 42.8 Å². The second-order valence-corrected chi connectivity index (χ2v) is 6.88. The summed E-state index contributed by atoms with van der Waals surface area (Å²) in [5.74, 6) is 1.42. The summed E-state index contributed by atoms with van der Waals surface area (Å²) >= 11 is 1.64. The average molecular weight is 375 g/mol. The van der Waals surface area contributed by atoms with Crippen molar-refractivity contribution in [3.63, 3.8) is 0 Å². The Morgan fingerprint density at radius 3 is 2.85 bits per heavy atom. The van der Waals surface area contributed by atoms with Gasteiger partial charge in [-0.3, -0.25) is 4.79 Å². The molecule has 7 nitrogen and oxygen atoms in total. The Bertz CT molecular complexity index is 733. The quantitative estimate of drug-likeness (QED) is 0.674. The van der Waals surface area contributed by atoms with Crippen molar-refractivity contribution in [2.24, 2.45) is 0 Å². The third kappa shape index (κ3) is 4.59. The highest BCUT2D eigenvalue weighted by Gasteiger charge is 2.32. The number of hydrogen-bond donors (Lipinski definition) is 3. The molecule has 0 bridgehead atoms. The zero-order valence-electron chi connectivity index (χ0n) is 14.2. The third-order valence-corrected chi connectivity index (χ3v) is 5.10. The maximum absolute atomic E-state index is 12.5. The van der Waals surface area contributed by atoms with Crippen LogP contribution >= 0.6 is 11.8 Å². The summed E-state index contributed by atoms with van der Waals surface area (Å²) in [4.78, 5) is 26.9. The fourth-order valence-corrected chi connectivity index (χ4v) is 3.55. The van der Waals surface area contributed by atoms with Gasteiger partial charge in [0, 0.05) is 30.3 Å². The number of carbonyl (C=O) groups excluding carboxylic acids is 2. The molecular formula is C18H21N3O4S. The van der Waals surface area contributed by atoms with Crippen molar-refractivity contribution >= 4 is 29.4 Å². The molecule has 1 aromatic heterocycles. The number of hydrogen-bond acceptors (Lipinski definition) is 5. The molecule has 2 heterocycles. The number of benzene rings is 1. The van der Waals surface area contributed by atoms with E-state index in [1.54, 1.807) is 18.0 Å². The van der Waals surface area contributed by atoms with E-state index in [4.69, 9.17) is 9.52 Å². The highest BCUT2D eigenvalue weighted by atomic mass is 32.2. The number of nitrogens with one attached hydrogen (secondary N) is 2. The number of anilines is 1. The van der Waals surface area contributed by atoms with Gasteiger partial charge in [-0.15, -0.1) is 11.8 Å². The molecule has 26 heavy (non-hydrogen) atoms. The first-order valence-electron chi connectivity index (χ1n) is 8.39. The number of thioether (sulfide) groups is 1. The monoisotopic (exact) mass is 375 g/mol. The van der Waals surface area contributed by atoms with Crippen LogP contribution in [-0.2, 0) is 10.5 Å². The van der Waals surface area contributed by atoms with Gasteiger partial charge in [0.05, 0.1) is 12.0 Å². The van der Waals surface area contributed by atoms with E-state index in [0.29, 0.717) is 18.8 Å². The summed E-state index contributed by atoms with van der Waals surface area (Å²) < 4.78 is 5.30. The van der Waals surface area contributed by atoms with Crippen LogP contribution in [0.15, 0.2) is 52.0 Å². The van der Waals surface area contributed by atoms with Crippen molar-refractivity contribution in [2.75, 3.05) is 25.0 Å². The molecule has 1 aliphatic rings. The zero-order valence-corrected chi connectivity index (χ0v) is 15.0. The van der Waals surface area contributed by atoms with Crippen LogP contribution in [-0.4, -0.2) is 47.7 Å². The summed E-state index contributed by atoms with van der Waals surface area (Å²) in [5, 5.41) is 14.7. The number of nitrogens with zero attached hydrogens (tertiary/aromatic N) is 1. The molecule has 8 heteroatoms. The molecule has 0 saturated carbocycles. The number of urea groups is 1. The fourth-order valence-electron chi connectivity index (χ4n) is 2.75. The SMILES string of the molecule is O=C1NCCN(C(=O)Nc2ccc(SCc3ccco3)cc2)[C@H]1CCO. The molecule has 1 atom stereocenters. The van der Waals surface area contributed by atoms with Crippen molar-refractivity contribution in [1.29, 1.82) is 0 Å². The van der Waals surface area contributed by atoms with Crippen LogP contribution in [0.4, 0.5) is 10.5 Å². The minimum atomic E-state index is -0.642. The molecule has 0 aliphatic carbocycles. The van der Waals surface area contributed by atoms with Crippen LogP contribution in [0, 0.1) is 0 Å². The molecule has 138 valence electrons. The number of carbonyl (C=O) groups is 2. The molecular weight excluding hydrogens is 354 g/mol. The first-order valence-corrected chi connectivity index (χ1v) is 9.37. The molecule has 0 radical (unpaired) electrons. The van der Waals surface area contributed by atoms with E-state index in [9.17, 15) is 9.59 Å². The van der Waals surface area contributed by atoms with Gasteiger partial charge in [0.1, 0.15) is 11.8 Å². The standard InChI is InChI=1S/C18H21N3O4S/c22-10-7-16-17(23)19-8-9-21(16)18(24)20-13-3-5-15(6-4-13)26-12-14-2-1-11-25-14/h1-6,11,16,22H,7-10,12H2,(H,19,23)(H,20,24)/t16-/m0/s1. The van der Waals surface area contributed by atoms with Crippen LogP contribution in [0.1, 0.15) is 12.2 Å². The van der Waals surface area contributed by atoms with E-state index in [2.05, 4.69) is 10.6 Å². The topological polar surface area (TPSA) is 94.8 Å². The smallest absolute Gasteiger partial charge is 0.322 e. The zero-order chi connectivity index (χ0) is 18.4. The second-order valence-electron chi connectivity index (χ2n) is 5.84. The van der Waals surface area contributed by atoms with Gasteiger partial charge >= 0.3 is 6.03 Å². The van der Waals surface area contributed by atoms with Crippen LogP contribution in [0.25, 0.3) is 0 Å². The normalized spacial score (nSPS) is 17.0. The lowest BCUT2D eigenvalue weighted by atomic mass is 10.1. The molecule has 3 rings (SSSR count). The van der Waals surface area contributed by atoms with Crippen LogP contribution in [0.5, 0.6) is 0 Å². The van der Waals surface area contributed by atoms with Crippen molar-refractivity contribution in [1.82, 2.24) is 10.2 Å². The number of aliphatic hydroxyl groups excluding tert-OH is 1. The molecule has 0 unspecified atom stereocenters.